The standard InChI is InChI=1S/C15H18FN5O5/c1-3-5-20-8-11(18-14(17)19-12(8)24)21(15(20)25)13-9(23)7(16)10(26-13)6(22)4-2/h1,6-7,9-10,13,22-23H,4-5H2,2H3,(H3,17,18,19,24)/t6-,7+,9+,10-,13+/m0/s1. The van der Waals surface area contributed by atoms with Gasteiger partial charge < -0.3 is 20.7 Å². The van der Waals surface area contributed by atoms with Gasteiger partial charge in [0, 0.05) is 0 Å². The number of rotatable bonds is 4. The summed E-state index contributed by atoms with van der Waals surface area (Å²) in [4.78, 5) is 31.1. The van der Waals surface area contributed by atoms with Gasteiger partial charge in [-0.15, -0.1) is 6.42 Å². The minimum absolute atomic E-state index is 0.173. The molecule has 2 aromatic heterocycles. The third-order valence-corrected chi connectivity index (χ3v) is 4.36. The van der Waals surface area contributed by atoms with Crippen molar-refractivity contribution in [3.8, 4) is 12.3 Å². The number of H-pyrrole nitrogens is 1. The van der Waals surface area contributed by atoms with E-state index < -0.39 is 42.0 Å². The first-order chi connectivity index (χ1) is 12.3. The molecule has 2 aromatic rings. The van der Waals surface area contributed by atoms with E-state index in [9.17, 15) is 24.2 Å². The summed E-state index contributed by atoms with van der Waals surface area (Å²) in [6.07, 6.45) is -2.29. The second-order valence-corrected chi connectivity index (χ2v) is 5.97. The molecule has 140 valence electrons. The zero-order valence-electron chi connectivity index (χ0n) is 13.8. The molecule has 3 rings (SSSR count). The Labute approximate surface area is 146 Å². The van der Waals surface area contributed by atoms with Crippen LogP contribution in [-0.2, 0) is 11.3 Å². The van der Waals surface area contributed by atoms with E-state index in [-0.39, 0.29) is 30.1 Å². The van der Waals surface area contributed by atoms with Gasteiger partial charge in [-0.3, -0.25) is 14.3 Å². The van der Waals surface area contributed by atoms with Gasteiger partial charge in [0.25, 0.3) is 5.56 Å². The van der Waals surface area contributed by atoms with Crippen molar-refractivity contribution in [1.82, 2.24) is 19.1 Å². The molecule has 1 aliphatic heterocycles. The second-order valence-electron chi connectivity index (χ2n) is 5.97. The number of aromatic nitrogens is 4. The summed E-state index contributed by atoms with van der Waals surface area (Å²) in [6, 6.07) is 0. The van der Waals surface area contributed by atoms with Crippen LogP contribution in [-0.4, -0.2) is 53.8 Å². The van der Waals surface area contributed by atoms with Gasteiger partial charge in [-0.25, -0.2) is 13.8 Å². The maximum absolute atomic E-state index is 14.4. The smallest absolute Gasteiger partial charge is 0.333 e. The van der Waals surface area contributed by atoms with Gasteiger partial charge in [0.1, 0.15) is 12.2 Å². The summed E-state index contributed by atoms with van der Waals surface area (Å²) in [5.74, 6) is 1.96. The van der Waals surface area contributed by atoms with E-state index in [4.69, 9.17) is 16.9 Å². The number of fused-ring (bicyclic) bond motifs is 1. The molecular weight excluding hydrogens is 349 g/mol. The Hall–Kier alpha value is -2.68. The molecule has 26 heavy (non-hydrogen) atoms. The SMILES string of the molecule is C#CCn1c(=O)n([C@@H]2O[C@@H]([C@@H](O)CC)[C@H](F)[C@H]2O)c2nc(N)[nH]c(=O)c21. The van der Waals surface area contributed by atoms with Crippen molar-refractivity contribution in [2.45, 2.75) is 50.6 Å². The second kappa shape index (κ2) is 6.56. The number of hydrogen-bond acceptors (Lipinski definition) is 7. The topological polar surface area (TPSA) is 148 Å². The maximum Gasteiger partial charge on any atom is 0.333 e. The summed E-state index contributed by atoms with van der Waals surface area (Å²) in [6.45, 7) is 1.37. The molecule has 0 unspecified atom stereocenters. The third-order valence-electron chi connectivity index (χ3n) is 4.36. The number of nitrogens with one attached hydrogen (secondary N) is 1. The number of anilines is 1. The number of halogens is 1. The van der Waals surface area contributed by atoms with E-state index >= 15 is 0 Å². The molecule has 0 radical (unpaired) electrons. The minimum atomic E-state index is -1.94. The fourth-order valence-electron chi connectivity index (χ4n) is 3.08. The van der Waals surface area contributed by atoms with Gasteiger partial charge in [-0.1, -0.05) is 12.8 Å². The Balaban J connectivity index is 2.23. The van der Waals surface area contributed by atoms with Crippen LogP contribution in [0.15, 0.2) is 9.59 Å². The summed E-state index contributed by atoms with van der Waals surface area (Å²) in [5.41, 5.74) is 3.63. The van der Waals surface area contributed by atoms with Crippen LogP contribution in [0.25, 0.3) is 11.2 Å². The van der Waals surface area contributed by atoms with E-state index in [1.54, 1.807) is 6.92 Å². The monoisotopic (exact) mass is 367 g/mol. The van der Waals surface area contributed by atoms with Gasteiger partial charge in [0.05, 0.1) is 12.6 Å². The maximum atomic E-state index is 14.4. The zero-order chi connectivity index (χ0) is 19.2. The molecule has 0 bridgehead atoms. The van der Waals surface area contributed by atoms with E-state index in [2.05, 4.69) is 15.9 Å². The van der Waals surface area contributed by atoms with Crippen LogP contribution in [0.3, 0.4) is 0 Å². The highest BCUT2D eigenvalue weighted by atomic mass is 19.1. The van der Waals surface area contributed by atoms with Crippen LogP contribution in [0.5, 0.6) is 0 Å². The molecule has 1 fully saturated rings. The first-order valence-electron chi connectivity index (χ1n) is 7.91. The number of hydrogen-bond donors (Lipinski definition) is 4. The highest BCUT2D eigenvalue weighted by Crippen LogP contribution is 2.34. The third kappa shape index (κ3) is 2.59. The number of aromatic amines is 1. The van der Waals surface area contributed by atoms with Crippen LogP contribution >= 0.6 is 0 Å². The quantitative estimate of drug-likeness (QED) is 0.479. The molecule has 3 heterocycles. The summed E-state index contributed by atoms with van der Waals surface area (Å²) in [7, 11) is 0. The van der Waals surface area contributed by atoms with Gasteiger partial charge >= 0.3 is 5.69 Å². The lowest BCUT2D eigenvalue weighted by Gasteiger charge is -2.18. The number of ether oxygens (including phenoxy) is 1. The fourth-order valence-corrected chi connectivity index (χ4v) is 3.08. The normalized spacial score (nSPS) is 26.9. The predicted molar refractivity (Wildman–Crippen MR) is 89.0 cm³/mol. The van der Waals surface area contributed by atoms with E-state index in [1.165, 1.54) is 0 Å². The number of nitrogens with two attached hydrogens (primary N) is 1. The van der Waals surface area contributed by atoms with E-state index in [0.717, 1.165) is 9.13 Å². The van der Waals surface area contributed by atoms with Crippen LogP contribution in [0, 0.1) is 12.3 Å². The highest BCUT2D eigenvalue weighted by molar-refractivity contribution is 5.72. The number of nitrogens with zero attached hydrogens (tertiary/aromatic N) is 3. The molecular formula is C15H18FN5O5. The van der Waals surface area contributed by atoms with Crippen molar-refractivity contribution in [1.29, 1.82) is 0 Å². The lowest BCUT2D eigenvalue weighted by atomic mass is 10.1. The molecule has 0 amide bonds. The van der Waals surface area contributed by atoms with Crippen molar-refractivity contribution in [3.05, 3.63) is 20.8 Å². The van der Waals surface area contributed by atoms with Crippen LogP contribution in [0.1, 0.15) is 19.6 Å². The number of aliphatic hydroxyl groups excluding tert-OH is 2. The van der Waals surface area contributed by atoms with Gasteiger partial charge in [-0.2, -0.15) is 4.98 Å². The Morgan fingerprint density at radius 3 is 2.85 bits per heavy atom. The Kier molecular flexibility index (Phi) is 4.57. The molecule has 0 spiro atoms. The number of aliphatic hydroxyl groups is 2. The van der Waals surface area contributed by atoms with E-state index in [1.807, 2.05) is 0 Å². The molecule has 11 heteroatoms. The van der Waals surface area contributed by atoms with Gasteiger partial charge in [0.15, 0.2) is 23.6 Å². The number of nitrogen functional groups attached to an aromatic ring is 1. The van der Waals surface area contributed by atoms with Crippen LogP contribution < -0.4 is 17.0 Å². The number of terminal acetylenes is 1. The molecule has 0 aliphatic carbocycles. The lowest BCUT2D eigenvalue weighted by molar-refractivity contribution is -0.0799. The summed E-state index contributed by atoms with van der Waals surface area (Å²) in [5, 5.41) is 20.1. The molecule has 10 nitrogen and oxygen atoms in total. The molecule has 5 atom stereocenters. The van der Waals surface area contributed by atoms with Crippen LogP contribution in [0.2, 0.25) is 0 Å². The average molecular weight is 367 g/mol. The lowest BCUT2D eigenvalue weighted by Crippen LogP contribution is -2.36. The van der Waals surface area contributed by atoms with Crippen molar-refractivity contribution in [2.75, 3.05) is 5.73 Å². The predicted octanol–water partition coefficient (Wildman–Crippen LogP) is -1.53. The van der Waals surface area contributed by atoms with Crippen molar-refractivity contribution >= 4 is 17.1 Å². The van der Waals surface area contributed by atoms with E-state index in [0.29, 0.717) is 0 Å². The largest absolute Gasteiger partial charge is 0.390 e. The molecule has 0 aromatic carbocycles. The van der Waals surface area contributed by atoms with Crippen LogP contribution in [0.4, 0.5) is 10.3 Å². The van der Waals surface area contributed by atoms with Gasteiger partial charge in [-0.05, 0) is 6.42 Å². The highest BCUT2D eigenvalue weighted by Gasteiger charge is 2.49. The first kappa shape index (κ1) is 18.1. The number of imidazole rings is 1. The molecule has 0 saturated carbocycles. The summed E-state index contributed by atoms with van der Waals surface area (Å²) >= 11 is 0. The molecule has 5 N–H and O–H groups in total. The minimum Gasteiger partial charge on any atom is -0.390 e. The first-order valence-corrected chi connectivity index (χ1v) is 7.91. The van der Waals surface area contributed by atoms with Gasteiger partial charge in [0.2, 0.25) is 5.95 Å². The Bertz CT molecular complexity index is 989. The zero-order valence-corrected chi connectivity index (χ0v) is 13.8. The fraction of sp³-hybridized carbons (Fsp3) is 0.533. The Morgan fingerprint density at radius 2 is 2.23 bits per heavy atom. The Morgan fingerprint density at radius 1 is 1.54 bits per heavy atom. The number of alkyl halides is 1. The molecule has 1 aliphatic rings. The van der Waals surface area contributed by atoms with Crippen molar-refractivity contribution < 1.29 is 19.3 Å². The molecule has 1 saturated heterocycles. The van der Waals surface area contributed by atoms with Crippen molar-refractivity contribution in [2.24, 2.45) is 0 Å². The summed E-state index contributed by atoms with van der Waals surface area (Å²) < 4.78 is 21.6. The average Bonchev–Trinajstić information content (AvgIpc) is 3.03. The van der Waals surface area contributed by atoms with Crippen molar-refractivity contribution in [3.63, 3.8) is 0 Å².